The number of hydrogen-bond acceptors (Lipinski definition) is 5. The third-order valence-electron chi connectivity index (χ3n) is 4.79. The van der Waals surface area contributed by atoms with Gasteiger partial charge in [0.1, 0.15) is 5.82 Å². The lowest BCUT2D eigenvalue weighted by Gasteiger charge is -2.35. The average molecular weight is 388 g/mol. The number of anilines is 1. The van der Waals surface area contributed by atoms with Crippen LogP contribution in [0.25, 0.3) is 0 Å². The first-order valence-electron chi connectivity index (χ1n) is 9.85. The van der Waals surface area contributed by atoms with E-state index in [4.69, 9.17) is 4.52 Å². The third-order valence-corrected chi connectivity index (χ3v) is 4.79. The van der Waals surface area contributed by atoms with Crippen molar-refractivity contribution in [1.29, 1.82) is 0 Å². The molecule has 0 amide bonds. The molecule has 3 rings (SSSR count). The van der Waals surface area contributed by atoms with Crippen molar-refractivity contribution >= 4 is 11.6 Å². The summed E-state index contributed by atoms with van der Waals surface area (Å²) in [5.41, 5.74) is 0.923. The van der Waals surface area contributed by atoms with Gasteiger partial charge in [-0.3, -0.25) is 4.99 Å². The lowest BCUT2D eigenvalue weighted by atomic mass is 10.0. The summed E-state index contributed by atoms with van der Waals surface area (Å²) in [5, 5.41) is 10.7. The molecule has 0 saturated carbocycles. The van der Waals surface area contributed by atoms with Gasteiger partial charge >= 0.3 is 0 Å². The molecule has 1 saturated heterocycles. The predicted molar refractivity (Wildman–Crippen MR) is 108 cm³/mol. The maximum atomic E-state index is 13.5. The molecule has 0 spiro atoms. The van der Waals surface area contributed by atoms with E-state index in [1.165, 1.54) is 6.07 Å². The number of aliphatic imine (C=N–C) groups is 1. The van der Waals surface area contributed by atoms with Gasteiger partial charge in [0, 0.05) is 50.7 Å². The van der Waals surface area contributed by atoms with Crippen LogP contribution in [0.3, 0.4) is 0 Å². The number of piperidine rings is 1. The van der Waals surface area contributed by atoms with Crippen LogP contribution in [0.4, 0.5) is 10.1 Å². The largest absolute Gasteiger partial charge is 0.369 e. The lowest BCUT2D eigenvalue weighted by molar-refractivity contribution is 0.371. The van der Waals surface area contributed by atoms with E-state index in [-0.39, 0.29) is 17.8 Å². The van der Waals surface area contributed by atoms with Gasteiger partial charge < -0.3 is 20.1 Å². The summed E-state index contributed by atoms with van der Waals surface area (Å²) in [5.74, 6) is 2.16. The molecule has 0 aliphatic carbocycles. The minimum atomic E-state index is -0.202. The van der Waals surface area contributed by atoms with Gasteiger partial charge in [-0.15, -0.1) is 0 Å². The maximum Gasteiger partial charge on any atom is 0.228 e. The van der Waals surface area contributed by atoms with Crippen LogP contribution in [0, 0.1) is 5.82 Å². The second-order valence-electron chi connectivity index (χ2n) is 7.36. The minimum absolute atomic E-state index is 0.202. The molecule has 152 valence electrons. The Morgan fingerprint density at radius 1 is 1.43 bits per heavy atom. The van der Waals surface area contributed by atoms with E-state index in [9.17, 15) is 4.39 Å². The lowest BCUT2D eigenvalue weighted by Crippen LogP contribution is -2.51. The van der Waals surface area contributed by atoms with Crippen molar-refractivity contribution in [3.63, 3.8) is 0 Å². The number of aromatic nitrogens is 2. The molecule has 2 N–H and O–H groups in total. The van der Waals surface area contributed by atoms with E-state index in [1.54, 1.807) is 19.2 Å². The number of halogens is 1. The molecule has 1 fully saturated rings. The summed E-state index contributed by atoms with van der Waals surface area (Å²) in [7, 11) is 1.76. The number of hydrogen-bond donors (Lipinski definition) is 2. The highest BCUT2D eigenvalue weighted by Gasteiger charge is 2.21. The second-order valence-corrected chi connectivity index (χ2v) is 7.36. The zero-order chi connectivity index (χ0) is 19.9. The molecule has 1 aliphatic heterocycles. The van der Waals surface area contributed by atoms with Crippen LogP contribution >= 0.6 is 0 Å². The standard InChI is InChI=1S/C20H29FN6O/c1-14(2)19-25-18(28-26-19)9-10-23-20(22-3)24-16-7-5-11-27(13-16)17-8-4-6-15(21)12-17/h4,6,8,12,14,16H,5,7,9-11,13H2,1-3H3,(H2,22,23,24). The van der Waals surface area contributed by atoms with Crippen LogP contribution in [-0.4, -0.2) is 48.8 Å². The molecular weight excluding hydrogens is 359 g/mol. The number of nitrogens with zero attached hydrogens (tertiary/aromatic N) is 4. The van der Waals surface area contributed by atoms with Gasteiger partial charge in [0.05, 0.1) is 0 Å². The quantitative estimate of drug-likeness (QED) is 0.585. The highest BCUT2D eigenvalue weighted by molar-refractivity contribution is 5.80. The molecule has 7 nitrogen and oxygen atoms in total. The van der Waals surface area contributed by atoms with Crippen molar-refractivity contribution in [2.24, 2.45) is 4.99 Å². The SMILES string of the molecule is CN=C(NCCc1nc(C(C)C)no1)NC1CCCN(c2cccc(F)c2)C1. The van der Waals surface area contributed by atoms with Crippen LogP contribution in [0.5, 0.6) is 0 Å². The minimum Gasteiger partial charge on any atom is -0.369 e. The molecule has 0 bridgehead atoms. The topological polar surface area (TPSA) is 78.6 Å². The molecule has 28 heavy (non-hydrogen) atoms. The highest BCUT2D eigenvalue weighted by Crippen LogP contribution is 2.20. The fraction of sp³-hybridized carbons (Fsp3) is 0.550. The first-order chi connectivity index (χ1) is 13.5. The molecule has 0 radical (unpaired) electrons. The fourth-order valence-corrected chi connectivity index (χ4v) is 3.28. The summed E-state index contributed by atoms with van der Waals surface area (Å²) in [6, 6.07) is 7.02. The molecule has 1 unspecified atom stereocenters. The van der Waals surface area contributed by atoms with Crippen LogP contribution < -0.4 is 15.5 Å². The van der Waals surface area contributed by atoms with Gasteiger partial charge in [-0.05, 0) is 31.0 Å². The molecule has 1 aromatic heterocycles. The molecule has 8 heteroatoms. The van der Waals surface area contributed by atoms with E-state index in [1.807, 2.05) is 19.9 Å². The van der Waals surface area contributed by atoms with Crippen molar-refractivity contribution in [2.45, 2.75) is 45.1 Å². The molecule has 1 atom stereocenters. The van der Waals surface area contributed by atoms with Gasteiger partial charge in [0.15, 0.2) is 11.8 Å². The van der Waals surface area contributed by atoms with E-state index in [2.05, 4.69) is 30.7 Å². The van der Waals surface area contributed by atoms with Crippen molar-refractivity contribution in [1.82, 2.24) is 20.8 Å². The normalized spacial score (nSPS) is 17.8. The van der Waals surface area contributed by atoms with Crippen molar-refractivity contribution in [2.75, 3.05) is 31.6 Å². The predicted octanol–water partition coefficient (Wildman–Crippen LogP) is 2.71. The number of benzene rings is 1. The fourth-order valence-electron chi connectivity index (χ4n) is 3.28. The Balaban J connectivity index is 1.48. The zero-order valence-corrected chi connectivity index (χ0v) is 16.8. The first kappa shape index (κ1) is 20.1. The number of guanidine groups is 1. The number of rotatable bonds is 6. The summed E-state index contributed by atoms with van der Waals surface area (Å²) < 4.78 is 18.8. The van der Waals surface area contributed by atoms with Gasteiger partial charge in [0.25, 0.3) is 0 Å². The van der Waals surface area contributed by atoms with Crippen molar-refractivity contribution < 1.29 is 8.91 Å². The summed E-state index contributed by atoms with van der Waals surface area (Å²) in [4.78, 5) is 10.9. The third kappa shape index (κ3) is 5.43. The van der Waals surface area contributed by atoms with Gasteiger partial charge in [0.2, 0.25) is 5.89 Å². The Labute approximate surface area is 165 Å². The van der Waals surface area contributed by atoms with Crippen LogP contribution in [-0.2, 0) is 6.42 Å². The van der Waals surface area contributed by atoms with Crippen LogP contribution in [0.2, 0.25) is 0 Å². The molecule has 1 aliphatic rings. The molecule has 1 aromatic carbocycles. The van der Waals surface area contributed by atoms with Crippen LogP contribution in [0.1, 0.15) is 44.3 Å². The van der Waals surface area contributed by atoms with Crippen molar-refractivity contribution in [3.05, 3.63) is 41.8 Å². The summed E-state index contributed by atoms with van der Waals surface area (Å²) in [6.07, 6.45) is 2.74. The smallest absolute Gasteiger partial charge is 0.228 e. The molecule has 2 aromatic rings. The van der Waals surface area contributed by atoms with E-state index in [0.717, 1.165) is 43.4 Å². The molecular formula is C20H29FN6O. The second kappa shape index (κ2) is 9.52. The van der Waals surface area contributed by atoms with Gasteiger partial charge in [-0.25, -0.2) is 4.39 Å². The van der Waals surface area contributed by atoms with E-state index in [0.29, 0.717) is 18.9 Å². The first-order valence-corrected chi connectivity index (χ1v) is 9.85. The van der Waals surface area contributed by atoms with Crippen molar-refractivity contribution in [3.8, 4) is 0 Å². The Bertz CT molecular complexity index is 791. The van der Waals surface area contributed by atoms with E-state index < -0.39 is 0 Å². The molecule has 2 heterocycles. The maximum absolute atomic E-state index is 13.5. The Kier molecular flexibility index (Phi) is 6.84. The monoisotopic (exact) mass is 388 g/mol. The Morgan fingerprint density at radius 3 is 3.00 bits per heavy atom. The highest BCUT2D eigenvalue weighted by atomic mass is 19.1. The van der Waals surface area contributed by atoms with E-state index >= 15 is 0 Å². The zero-order valence-electron chi connectivity index (χ0n) is 16.8. The van der Waals surface area contributed by atoms with Crippen LogP contribution in [0.15, 0.2) is 33.8 Å². The Hall–Kier alpha value is -2.64. The summed E-state index contributed by atoms with van der Waals surface area (Å²) >= 11 is 0. The Morgan fingerprint density at radius 2 is 2.29 bits per heavy atom. The van der Waals surface area contributed by atoms with Gasteiger partial charge in [-0.1, -0.05) is 25.1 Å². The number of nitrogens with one attached hydrogen (secondary N) is 2. The summed E-state index contributed by atoms with van der Waals surface area (Å²) in [6.45, 7) is 6.47. The van der Waals surface area contributed by atoms with Gasteiger partial charge in [-0.2, -0.15) is 4.98 Å². The average Bonchev–Trinajstić information content (AvgIpc) is 3.17.